The molecule has 23 heavy (non-hydrogen) atoms. The maximum atomic E-state index is 5.76. The Kier molecular flexibility index (Phi) is 3.58. The first-order chi connectivity index (χ1) is 11.2. The van der Waals surface area contributed by atoms with E-state index in [1.807, 2.05) is 18.2 Å². The van der Waals surface area contributed by atoms with Gasteiger partial charge in [0.05, 0.1) is 30.0 Å². The lowest BCUT2D eigenvalue weighted by molar-refractivity contribution is 0.274. The molecule has 1 unspecified atom stereocenters. The summed E-state index contributed by atoms with van der Waals surface area (Å²) in [6.45, 7) is 2.84. The lowest BCUT2D eigenvalue weighted by atomic mass is 9.99. The number of thiazole rings is 1. The minimum absolute atomic E-state index is 0.237. The average molecular weight is 326 g/mol. The SMILES string of the molecule is COc1ccc2nc(NC3CCOc4ccc(C)cc43)sc2c1. The third kappa shape index (κ3) is 2.72. The zero-order valence-electron chi connectivity index (χ0n) is 13.1. The fourth-order valence-electron chi connectivity index (χ4n) is 2.91. The average Bonchev–Trinajstić information content (AvgIpc) is 2.96. The number of nitrogens with one attached hydrogen (secondary N) is 1. The topological polar surface area (TPSA) is 43.4 Å². The summed E-state index contributed by atoms with van der Waals surface area (Å²) >= 11 is 1.66. The van der Waals surface area contributed by atoms with Crippen molar-refractivity contribution in [3.63, 3.8) is 0 Å². The van der Waals surface area contributed by atoms with E-state index < -0.39 is 0 Å². The second-order valence-electron chi connectivity index (χ2n) is 5.73. The number of anilines is 1. The van der Waals surface area contributed by atoms with Crippen molar-refractivity contribution in [1.82, 2.24) is 4.98 Å². The number of methoxy groups -OCH3 is 1. The summed E-state index contributed by atoms with van der Waals surface area (Å²) in [5.74, 6) is 1.84. The van der Waals surface area contributed by atoms with Gasteiger partial charge in [-0.15, -0.1) is 0 Å². The smallest absolute Gasteiger partial charge is 0.184 e. The molecular weight excluding hydrogens is 308 g/mol. The molecule has 0 spiro atoms. The van der Waals surface area contributed by atoms with Crippen LogP contribution in [0.4, 0.5) is 5.13 Å². The predicted octanol–water partition coefficient (Wildman–Crippen LogP) is 4.55. The van der Waals surface area contributed by atoms with Crippen molar-refractivity contribution in [1.29, 1.82) is 0 Å². The molecule has 1 atom stereocenters. The highest BCUT2D eigenvalue weighted by Gasteiger charge is 2.22. The normalized spacial score (nSPS) is 16.7. The summed E-state index contributed by atoms with van der Waals surface area (Å²) in [7, 11) is 1.68. The van der Waals surface area contributed by atoms with E-state index >= 15 is 0 Å². The molecule has 2 aromatic carbocycles. The number of fused-ring (bicyclic) bond motifs is 2. The summed E-state index contributed by atoms with van der Waals surface area (Å²) in [5.41, 5.74) is 3.46. The molecule has 0 fully saturated rings. The van der Waals surface area contributed by atoms with Crippen LogP contribution in [0.3, 0.4) is 0 Å². The monoisotopic (exact) mass is 326 g/mol. The van der Waals surface area contributed by atoms with Gasteiger partial charge in [-0.1, -0.05) is 29.0 Å². The van der Waals surface area contributed by atoms with Gasteiger partial charge in [0, 0.05) is 12.0 Å². The predicted molar refractivity (Wildman–Crippen MR) is 93.8 cm³/mol. The zero-order valence-corrected chi connectivity index (χ0v) is 13.9. The fourth-order valence-corrected chi connectivity index (χ4v) is 3.85. The van der Waals surface area contributed by atoms with Gasteiger partial charge in [-0.2, -0.15) is 0 Å². The first-order valence-electron chi connectivity index (χ1n) is 7.67. The van der Waals surface area contributed by atoms with Crippen molar-refractivity contribution in [2.45, 2.75) is 19.4 Å². The van der Waals surface area contributed by atoms with Crippen molar-refractivity contribution in [3.05, 3.63) is 47.5 Å². The minimum Gasteiger partial charge on any atom is -0.497 e. The van der Waals surface area contributed by atoms with Gasteiger partial charge >= 0.3 is 0 Å². The van der Waals surface area contributed by atoms with Crippen LogP contribution in [0.25, 0.3) is 10.2 Å². The van der Waals surface area contributed by atoms with Gasteiger partial charge in [0.25, 0.3) is 0 Å². The highest BCUT2D eigenvalue weighted by Crippen LogP contribution is 2.37. The largest absolute Gasteiger partial charge is 0.497 e. The van der Waals surface area contributed by atoms with Crippen LogP contribution in [0.1, 0.15) is 23.6 Å². The quantitative estimate of drug-likeness (QED) is 0.767. The first-order valence-corrected chi connectivity index (χ1v) is 8.49. The maximum Gasteiger partial charge on any atom is 0.184 e. The number of nitrogens with zero attached hydrogens (tertiary/aromatic N) is 1. The Balaban J connectivity index is 1.65. The number of aryl methyl sites for hydroxylation is 1. The molecule has 4 nitrogen and oxygen atoms in total. The van der Waals surface area contributed by atoms with Crippen LogP contribution in [0, 0.1) is 6.92 Å². The van der Waals surface area contributed by atoms with Crippen molar-refractivity contribution < 1.29 is 9.47 Å². The molecule has 0 bridgehead atoms. The van der Waals surface area contributed by atoms with E-state index in [0.717, 1.165) is 39.9 Å². The van der Waals surface area contributed by atoms with E-state index in [1.165, 1.54) is 11.1 Å². The van der Waals surface area contributed by atoms with Crippen LogP contribution in [0.2, 0.25) is 0 Å². The molecule has 1 aliphatic heterocycles. The van der Waals surface area contributed by atoms with E-state index in [0.29, 0.717) is 0 Å². The van der Waals surface area contributed by atoms with Gasteiger partial charge in [0.1, 0.15) is 11.5 Å². The Labute approximate surface area is 139 Å². The van der Waals surface area contributed by atoms with Crippen LogP contribution in [0.5, 0.6) is 11.5 Å². The van der Waals surface area contributed by atoms with Crippen molar-refractivity contribution in [2.24, 2.45) is 0 Å². The maximum absolute atomic E-state index is 5.76. The molecule has 1 aromatic heterocycles. The molecule has 1 aliphatic rings. The zero-order chi connectivity index (χ0) is 15.8. The minimum atomic E-state index is 0.237. The van der Waals surface area contributed by atoms with E-state index in [9.17, 15) is 0 Å². The molecular formula is C18H18N2O2S. The third-order valence-corrected chi connectivity index (χ3v) is 5.05. The Bertz CT molecular complexity index is 859. The van der Waals surface area contributed by atoms with Crippen LogP contribution in [0.15, 0.2) is 36.4 Å². The fraction of sp³-hybridized carbons (Fsp3) is 0.278. The molecule has 4 rings (SSSR count). The molecule has 118 valence electrons. The lowest BCUT2D eigenvalue weighted by Crippen LogP contribution is -2.20. The van der Waals surface area contributed by atoms with E-state index in [1.54, 1.807) is 18.4 Å². The van der Waals surface area contributed by atoms with Crippen LogP contribution >= 0.6 is 11.3 Å². The third-order valence-electron chi connectivity index (χ3n) is 4.10. The van der Waals surface area contributed by atoms with Gasteiger partial charge in [0.2, 0.25) is 0 Å². The first kappa shape index (κ1) is 14.3. The number of benzene rings is 2. The summed E-state index contributed by atoms with van der Waals surface area (Å²) in [6, 6.07) is 12.5. The van der Waals surface area contributed by atoms with Crippen LogP contribution < -0.4 is 14.8 Å². The second kappa shape index (κ2) is 5.74. The lowest BCUT2D eigenvalue weighted by Gasteiger charge is -2.26. The number of ether oxygens (including phenoxy) is 2. The number of aromatic nitrogens is 1. The standard InChI is InChI=1S/C18H18N2O2S/c1-11-3-6-16-13(9-11)14(7-8-22-16)19-18-20-15-5-4-12(21-2)10-17(15)23-18/h3-6,9-10,14H,7-8H2,1-2H3,(H,19,20). The van der Waals surface area contributed by atoms with Crippen molar-refractivity contribution in [3.8, 4) is 11.5 Å². The number of hydrogen-bond acceptors (Lipinski definition) is 5. The van der Waals surface area contributed by atoms with Crippen LogP contribution in [-0.4, -0.2) is 18.7 Å². The summed E-state index contributed by atoms with van der Waals surface area (Å²) in [6.07, 6.45) is 0.940. The molecule has 3 aromatic rings. The van der Waals surface area contributed by atoms with Gasteiger partial charge < -0.3 is 14.8 Å². The molecule has 0 amide bonds. The summed E-state index contributed by atoms with van der Waals surface area (Å²) < 4.78 is 12.2. The molecule has 0 saturated carbocycles. The highest BCUT2D eigenvalue weighted by molar-refractivity contribution is 7.22. The van der Waals surface area contributed by atoms with E-state index in [4.69, 9.17) is 9.47 Å². The summed E-state index contributed by atoms with van der Waals surface area (Å²) in [4.78, 5) is 4.69. The Hall–Kier alpha value is -2.27. The highest BCUT2D eigenvalue weighted by atomic mass is 32.1. The van der Waals surface area contributed by atoms with Gasteiger partial charge in [0.15, 0.2) is 5.13 Å². The Morgan fingerprint density at radius 3 is 3.04 bits per heavy atom. The molecule has 0 radical (unpaired) electrons. The molecule has 5 heteroatoms. The van der Waals surface area contributed by atoms with Crippen molar-refractivity contribution in [2.75, 3.05) is 19.0 Å². The number of rotatable bonds is 3. The van der Waals surface area contributed by atoms with Gasteiger partial charge in [-0.25, -0.2) is 4.98 Å². The second-order valence-corrected chi connectivity index (χ2v) is 6.76. The number of hydrogen-bond donors (Lipinski definition) is 1. The Morgan fingerprint density at radius 1 is 1.26 bits per heavy atom. The van der Waals surface area contributed by atoms with Gasteiger partial charge in [-0.3, -0.25) is 0 Å². The molecule has 2 heterocycles. The van der Waals surface area contributed by atoms with Crippen molar-refractivity contribution >= 4 is 26.7 Å². The Morgan fingerprint density at radius 2 is 2.17 bits per heavy atom. The molecule has 0 saturated heterocycles. The van der Waals surface area contributed by atoms with Gasteiger partial charge in [-0.05, 0) is 31.2 Å². The van der Waals surface area contributed by atoms with Crippen LogP contribution in [-0.2, 0) is 0 Å². The van der Waals surface area contributed by atoms with E-state index in [2.05, 4.69) is 35.4 Å². The molecule has 0 aliphatic carbocycles. The summed E-state index contributed by atoms with van der Waals surface area (Å²) in [5, 5.41) is 4.52. The van der Waals surface area contributed by atoms with E-state index in [-0.39, 0.29) is 6.04 Å². The molecule has 1 N–H and O–H groups in total.